The third kappa shape index (κ3) is 1.85. The molecule has 6 heteroatoms. The van der Waals surface area contributed by atoms with Gasteiger partial charge in [0, 0.05) is 36.6 Å². The molecule has 0 aliphatic heterocycles. The van der Waals surface area contributed by atoms with Gasteiger partial charge in [-0.25, -0.2) is 4.79 Å². The van der Waals surface area contributed by atoms with Gasteiger partial charge in [0.1, 0.15) is 0 Å². The van der Waals surface area contributed by atoms with Gasteiger partial charge in [0.25, 0.3) is 0 Å². The number of nitrogens with one attached hydrogen (secondary N) is 1. The first-order valence-corrected chi connectivity index (χ1v) is 6.87. The quantitative estimate of drug-likeness (QED) is 0.615. The molecule has 4 rings (SSSR count). The predicted molar refractivity (Wildman–Crippen MR) is 83.9 cm³/mol. The fraction of sp³-hybridized carbons (Fsp3) is 0.0625. The lowest BCUT2D eigenvalue weighted by Crippen LogP contribution is -2.15. The van der Waals surface area contributed by atoms with Gasteiger partial charge in [-0.05, 0) is 30.3 Å². The highest BCUT2D eigenvalue weighted by molar-refractivity contribution is 5.81. The van der Waals surface area contributed by atoms with Gasteiger partial charge in [-0.2, -0.15) is 5.10 Å². The van der Waals surface area contributed by atoms with E-state index in [1.54, 1.807) is 34.0 Å². The normalized spacial score (nSPS) is 11.1. The van der Waals surface area contributed by atoms with Gasteiger partial charge in [-0.3, -0.25) is 14.2 Å². The third-order valence-corrected chi connectivity index (χ3v) is 3.72. The van der Waals surface area contributed by atoms with Crippen LogP contribution in [0.5, 0.6) is 0 Å². The maximum Gasteiger partial charge on any atom is 0.330 e. The lowest BCUT2D eigenvalue weighted by molar-refractivity contribution is 0.797. The van der Waals surface area contributed by atoms with Gasteiger partial charge < -0.3 is 4.98 Å². The Balaban J connectivity index is 1.95. The monoisotopic (exact) mass is 291 g/mol. The lowest BCUT2D eigenvalue weighted by atomic mass is 10.2. The molecule has 0 fully saturated rings. The number of imidazole rings is 1. The number of rotatable bonds is 2. The number of hydrogen-bond acceptors (Lipinski definition) is 3. The summed E-state index contributed by atoms with van der Waals surface area (Å²) in [5, 5.41) is 5.22. The Labute approximate surface area is 125 Å². The minimum atomic E-state index is -0.179. The molecular formula is C16H13N5O. The summed E-state index contributed by atoms with van der Waals surface area (Å²) in [5.41, 5.74) is 3.30. The van der Waals surface area contributed by atoms with E-state index in [0.29, 0.717) is 0 Å². The molecule has 0 spiro atoms. The molecule has 4 aromatic rings. The average molecular weight is 291 g/mol. The van der Waals surface area contributed by atoms with Crippen LogP contribution in [0.2, 0.25) is 0 Å². The number of aryl methyl sites for hydroxylation is 1. The molecule has 0 saturated heterocycles. The van der Waals surface area contributed by atoms with E-state index in [0.717, 1.165) is 27.8 Å². The van der Waals surface area contributed by atoms with Crippen LogP contribution in [0.3, 0.4) is 0 Å². The van der Waals surface area contributed by atoms with Crippen molar-refractivity contribution in [2.24, 2.45) is 7.05 Å². The topological polar surface area (TPSA) is 68.5 Å². The summed E-state index contributed by atoms with van der Waals surface area (Å²) in [4.78, 5) is 19.1. The van der Waals surface area contributed by atoms with Crippen LogP contribution in [0.4, 0.5) is 0 Å². The molecule has 0 saturated carbocycles. The van der Waals surface area contributed by atoms with Crippen molar-refractivity contribution in [1.29, 1.82) is 0 Å². The van der Waals surface area contributed by atoms with Crippen molar-refractivity contribution in [3.8, 4) is 16.9 Å². The summed E-state index contributed by atoms with van der Waals surface area (Å²) >= 11 is 0. The van der Waals surface area contributed by atoms with Crippen LogP contribution in [-0.4, -0.2) is 24.3 Å². The van der Waals surface area contributed by atoms with Gasteiger partial charge in [0.15, 0.2) is 0 Å². The first-order chi connectivity index (χ1) is 10.7. The molecule has 0 unspecified atom stereocenters. The van der Waals surface area contributed by atoms with E-state index >= 15 is 0 Å². The van der Waals surface area contributed by atoms with Crippen molar-refractivity contribution in [3.63, 3.8) is 0 Å². The molecule has 0 amide bonds. The first-order valence-electron chi connectivity index (χ1n) is 6.87. The Kier molecular flexibility index (Phi) is 2.69. The van der Waals surface area contributed by atoms with Crippen LogP contribution in [0, 0.1) is 0 Å². The molecule has 3 aromatic heterocycles. The summed E-state index contributed by atoms with van der Waals surface area (Å²) in [5.74, 6) is 0. The van der Waals surface area contributed by atoms with Crippen LogP contribution >= 0.6 is 0 Å². The third-order valence-electron chi connectivity index (χ3n) is 3.72. The molecule has 108 valence electrons. The largest absolute Gasteiger partial charge is 0.330 e. The van der Waals surface area contributed by atoms with Crippen LogP contribution in [0.15, 0.2) is 59.9 Å². The van der Waals surface area contributed by atoms with Gasteiger partial charge in [-0.1, -0.05) is 0 Å². The SMILES string of the molecule is Cn1ncc2cc(-n3c(-c4cccnc4)c[nH]c3=O)ccc21. The predicted octanol–water partition coefficient (Wildman–Crippen LogP) is 2.11. The van der Waals surface area contributed by atoms with E-state index in [9.17, 15) is 4.79 Å². The number of nitrogens with zero attached hydrogens (tertiary/aromatic N) is 4. The summed E-state index contributed by atoms with van der Waals surface area (Å²) in [7, 11) is 1.89. The molecule has 0 radical (unpaired) electrons. The molecule has 0 aliphatic carbocycles. The molecular weight excluding hydrogens is 278 g/mol. The molecule has 0 aliphatic rings. The van der Waals surface area contributed by atoms with Crippen molar-refractivity contribution in [3.05, 3.63) is 65.6 Å². The second-order valence-electron chi connectivity index (χ2n) is 5.07. The Hall–Kier alpha value is -3.15. The van der Waals surface area contributed by atoms with Crippen molar-refractivity contribution >= 4 is 10.9 Å². The molecule has 1 N–H and O–H groups in total. The van der Waals surface area contributed by atoms with E-state index in [1.165, 1.54) is 0 Å². The Morgan fingerprint density at radius 1 is 1.18 bits per heavy atom. The Bertz CT molecular complexity index is 1010. The summed E-state index contributed by atoms with van der Waals surface area (Å²) in [6.45, 7) is 0. The number of H-pyrrole nitrogens is 1. The number of benzene rings is 1. The fourth-order valence-corrected chi connectivity index (χ4v) is 2.64. The standard InChI is InChI=1S/C16H13N5O/c1-20-14-5-4-13(7-12(14)9-19-20)21-15(10-18-16(21)22)11-3-2-6-17-8-11/h2-10H,1H3,(H,18,22). The van der Waals surface area contributed by atoms with Crippen LogP contribution in [0.25, 0.3) is 27.8 Å². The second-order valence-corrected chi connectivity index (χ2v) is 5.07. The highest BCUT2D eigenvalue weighted by atomic mass is 16.1. The molecule has 1 aromatic carbocycles. The van der Waals surface area contributed by atoms with E-state index in [4.69, 9.17) is 0 Å². The van der Waals surface area contributed by atoms with Crippen LogP contribution in [-0.2, 0) is 7.05 Å². The maximum absolute atomic E-state index is 12.2. The Morgan fingerprint density at radius 2 is 2.09 bits per heavy atom. The smallest absolute Gasteiger partial charge is 0.312 e. The zero-order valence-corrected chi connectivity index (χ0v) is 11.9. The van der Waals surface area contributed by atoms with Crippen molar-refractivity contribution in [2.75, 3.05) is 0 Å². The minimum absolute atomic E-state index is 0.179. The maximum atomic E-state index is 12.2. The summed E-state index contributed by atoms with van der Waals surface area (Å²) < 4.78 is 3.45. The number of aromatic nitrogens is 5. The number of aromatic amines is 1. The van der Waals surface area contributed by atoms with Crippen LogP contribution in [0.1, 0.15) is 0 Å². The van der Waals surface area contributed by atoms with Crippen LogP contribution < -0.4 is 5.69 Å². The molecule has 3 heterocycles. The fourth-order valence-electron chi connectivity index (χ4n) is 2.64. The van der Waals surface area contributed by atoms with Gasteiger partial charge in [0.2, 0.25) is 0 Å². The molecule has 0 bridgehead atoms. The number of hydrogen-bond donors (Lipinski definition) is 1. The molecule has 6 nitrogen and oxygen atoms in total. The van der Waals surface area contributed by atoms with E-state index in [-0.39, 0.29) is 5.69 Å². The first kappa shape index (κ1) is 12.6. The minimum Gasteiger partial charge on any atom is -0.312 e. The summed E-state index contributed by atoms with van der Waals surface area (Å²) in [6.07, 6.45) is 6.94. The zero-order chi connectivity index (χ0) is 15.1. The van der Waals surface area contributed by atoms with Gasteiger partial charge in [0.05, 0.1) is 23.1 Å². The number of fused-ring (bicyclic) bond motifs is 1. The van der Waals surface area contributed by atoms with Crippen molar-refractivity contribution in [1.82, 2.24) is 24.3 Å². The van der Waals surface area contributed by atoms with Gasteiger partial charge in [-0.15, -0.1) is 0 Å². The van der Waals surface area contributed by atoms with E-state index < -0.39 is 0 Å². The number of pyridine rings is 1. The lowest BCUT2D eigenvalue weighted by Gasteiger charge is -2.07. The van der Waals surface area contributed by atoms with E-state index in [1.807, 2.05) is 37.4 Å². The highest BCUT2D eigenvalue weighted by Crippen LogP contribution is 2.22. The molecule has 22 heavy (non-hydrogen) atoms. The second kappa shape index (κ2) is 4.70. The van der Waals surface area contributed by atoms with Gasteiger partial charge >= 0.3 is 5.69 Å². The Morgan fingerprint density at radius 3 is 2.91 bits per heavy atom. The van der Waals surface area contributed by atoms with Crippen molar-refractivity contribution in [2.45, 2.75) is 0 Å². The average Bonchev–Trinajstić information content (AvgIpc) is 3.11. The van der Waals surface area contributed by atoms with E-state index in [2.05, 4.69) is 15.1 Å². The zero-order valence-electron chi connectivity index (χ0n) is 11.9. The molecule has 0 atom stereocenters. The van der Waals surface area contributed by atoms with Crippen molar-refractivity contribution < 1.29 is 0 Å². The summed E-state index contributed by atoms with van der Waals surface area (Å²) in [6, 6.07) is 9.61. The highest BCUT2D eigenvalue weighted by Gasteiger charge is 2.11.